The Kier molecular flexibility index (Phi) is 5.03. The average Bonchev–Trinajstić information content (AvgIpc) is 3.09. The number of nitrogens with zero attached hydrogens (tertiary/aromatic N) is 2. The normalized spacial score (nSPS) is 10.9. The molecular weight excluding hydrogens is 316 g/mol. The van der Waals surface area contributed by atoms with E-state index in [4.69, 9.17) is 14.0 Å². The van der Waals surface area contributed by atoms with Crippen LogP contribution in [0.3, 0.4) is 0 Å². The lowest BCUT2D eigenvalue weighted by atomic mass is 10.0. The summed E-state index contributed by atoms with van der Waals surface area (Å²) < 4.78 is 16.4. The molecule has 0 aliphatic carbocycles. The fourth-order valence-electron chi connectivity index (χ4n) is 2.55. The van der Waals surface area contributed by atoms with E-state index in [0.717, 1.165) is 22.6 Å². The molecular formula is C20H22N2O3. The van der Waals surface area contributed by atoms with Crippen LogP contribution in [-0.2, 0) is 6.61 Å². The van der Waals surface area contributed by atoms with Gasteiger partial charge in [-0.15, -0.1) is 0 Å². The summed E-state index contributed by atoms with van der Waals surface area (Å²) in [5, 5.41) is 4.02. The van der Waals surface area contributed by atoms with Crippen LogP contribution in [0.25, 0.3) is 11.4 Å². The molecule has 0 aliphatic rings. The van der Waals surface area contributed by atoms with Gasteiger partial charge in [0, 0.05) is 5.56 Å². The van der Waals surface area contributed by atoms with Crippen molar-refractivity contribution in [1.29, 1.82) is 0 Å². The molecule has 2 aromatic carbocycles. The van der Waals surface area contributed by atoms with Crippen molar-refractivity contribution in [2.24, 2.45) is 0 Å². The number of aryl methyl sites for hydroxylation is 1. The highest BCUT2D eigenvalue weighted by Crippen LogP contribution is 2.28. The molecule has 0 fully saturated rings. The van der Waals surface area contributed by atoms with Gasteiger partial charge in [-0.3, -0.25) is 0 Å². The van der Waals surface area contributed by atoms with Gasteiger partial charge in [0.25, 0.3) is 5.89 Å². The number of hydrogen-bond donors (Lipinski definition) is 0. The molecule has 0 atom stereocenters. The van der Waals surface area contributed by atoms with Gasteiger partial charge in [0.2, 0.25) is 5.82 Å². The molecule has 0 spiro atoms. The third-order valence-electron chi connectivity index (χ3n) is 3.96. The maximum Gasteiger partial charge on any atom is 0.264 e. The molecule has 0 radical (unpaired) electrons. The summed E-state index contributed by atoms with van der Waals surface area (Å²) in [4.78, 5) is 4.40. The number of aromatic nitrogens is 2. The second-order valence-corrected chi connectivity index (χ2v) is 6.22. The van der Waals surface area contributed by atoms with E-state index in [9.17, 15) is 0 Å². The smallest absolute Gasteiger partial charge is 0.264 e. The Morgan fingerprint density at radius 3 is 2.52 bits per heavy atom. The summed E-state index contributed by atoms with van der Waals surface area (Å²) in [6.45, 7) is 6.58. The molecule has 5 heteroatoms. The van der Waals surface area contributed by atoms with Crippen molar-refractivity contribution in [1.82, 2.24) is 10.1 Å². The summed E-state index contributed by atoms with van der Waals surface area (Å²) in [7, 11) is 1.63. The molecule has 0 unspecified atom stereocenters. The van der Waals surface area contributed by atoms with Crippen molar-refractivity contribution < 1.29 is 14.0 Å². The first-order chi connectivity index (χ1) is 12.1. The molecule has 130 valence electrons. The Balaban J connectivity index is 1.73. The first-order valence-electron chi connectivity index (χ1n) is 8.27. The highest BCUT2D eigenvalue weighted by Gasteiger charge is 2.12. The van der Waals surface area contributed by atoms with E-state index in [1.54, 1.807) is 7.11 Å². The Bertz CT molecular complexity index is 838. The maximum absolute atomic E-state index is 5.93. The predicted molar refractivity (Wildman–Crippen MR) is 95.9 cm³/mol. The Hall–Kier alpha value is -2.82. The van der Waals surface area contributed by atoms with Crippen molar-refractivity contribution in [3.8, 4) is 22.9 Å². The molecule has 25 heavy (non-hydrogen) atoms. The van der Waals surface area contributed by atoms with E-state index in [0.29, 0.717) is 17.6 Å². The zero-order valence-electron chi connectivity index (χ0n) is 14.9. The first-order valence-corrected chi connectivity index (χ1v) is 8.27. The van der Waals surface area contributed by atoms with Crippen LogP contribution < -0.4 is 9.47 Å². The standard InChI is InChI=1S/C20H22N2O3/c1-13(2)17-10-5-14(3)11-18(17)24-12-19-21-20(22-25-19)15-6-8-16(23-4)9-7-15/h5-11,13H,12H2,1-4H3. The van der Waals surface area contributed by atoms with Crippen molar-refractivity contribution >= 4 is 0 Å². The number of benzene rings is 2. The van der Waals surface area contributed by atoms with Crippen molar-refractivity contribution in [2.45, 2.75) is 33.3 Å². The van der Waals surface area contributed by atoms with Gasteiger partial charge in [0.05, 0.1) is 7.11 Å². The van der Waals surface area contributed by atoms with Crippen LogP contribution in [0.5, 0.6) is 11.5 Å². The van der Waals surface area contributed by atoms with Crippen LogP contribution in [0, 0.1) is 6.92 Å². The van der Waals surface area contributed by atoms with Crippen molar-refractivity contribution in [3.05, 3.63) is 59.5 Å². The van der Waals surface area contributed by atoms with Gasteiger partial charge in [-0.2, -0.15) is 4.98 Å². The molecule has 3 rings (SSSR count). The Morgan fingerprint density at radius 1 is 1.08 bits per heavy atom. The molecule has 0 bridgehead atoms. The van der Waals surface area contributed by atoms with Gasteiger partial charge in [0.1, 0.15) is 11.5 Å². The van der Waals surface area contributed by atoms with E-state index in [-0.39, 0.29) is 6.61 Å². The summed E-state index contributed by atoms with van der Waals surface area (Å²) >= 11 is 0. The quantitative estimate of drug-likeness (QED) is 0.649. The number of rotatable bonds is 6. The van der Waals surface area contributed by atoms with E-state index < -0.39 is 0 Å². The number of hydrogen-bond acceptors (Lipinski definition) is 5. The lowest BCUT2D eigenvalue weighted by Crippen LogP contribution is -2.00. The van der Waals surface area contributed by atoms with Crippen LogP contribution in [-0.4, -0.2) is 17.3 Å². The minimum absolute atomic E-state index is 0.242. The zero-order valence-corrected chi connectivity index (χ0v) is 14.9. The summed E-state index contributed by atoms with van der Waals surface area (Å²) in [5.74, 6) is 3.01. The highest BCUT2D eigenvalue weighted by atomic mass is 16.5. The third kappa shape index (κ3) is 3.99. The average molecular weight is 338 g/mol. The topological polar surface area (TPSA) is 57.4 Å². The van der Waals surface area contributed by atoms with E-state index in [1.165, 1.54) is 5.56 Å². The molecule has 1 aromatic heterocycles. The van der Waals surface area contributed by atoms with Gasteiger partial charge in [-0.25, -0.2) is 0 Å². The van der Waals surface area contributed by atoms with Gasteiger partial charge >= 0.3 is 0 Å². The van der Waals surface area contributed by atoms with E-state index in [2.05, 4.69) is 36.1 Å². The van der Waals surface area contributed by atoms with Crippen molar-refractivity contribution in [3.63, 3.8) is 0 Å². The molecule has 0 saturated carbocycles. The summed E-state index contributed by atoms with van der Waals surface area (Å²) in [6, 6.07) is 13.8. The fraction of sp³-hybridized carbons (Fsp3) is 0.300. The molecule has 5 nitrogen and oxygen atoms in total. The third-order valence-corrected chi connectivity index (χ3v) is 3.96. The van der Waals surface area contributed by atoms with Crippen LogP contribution in [0.2, 0.25) is 0 Å². The number of ether oxygens (including phenoxy) is 2. The van der Waals surface area contributed by atoms with E-state index >= 15 is 0 Å². The van der Waals surface area contributed by atoms with Gasteiger partial charge in [-0.1, -0.05) is 31.1 Å². The molecule has 3 aromatic rings. The molecule has 0 amide bonds. The second-order valence-electron chi connectivity index (χ2n) is 6.22. The second kappa shape index (κ2) is 7.38. The lowest BCUT2D eigenvalue weighted by Gasteiger charge is -2.13. The Morgan fingerprint density at radius 2 is 1.84 bits per heavy atom. The summed E-state index contributed by atoms with van der Waals surface area (Å²) in [6.07, 6.45) is 0. The van der Waals surface area contributed by atoms with Gasteiger partial charge in [0.15, 0.2) is 6.61 Å². The lowest BCUT2D eigenvalue weighted by molar-refractivity contribution is 0.240. The van der Waals surface area contributed by atoms with Crippen molar-refractivity contribution in [2.75, 3.05) is 7.11 Å². The number of methoxy groups -OCH3 is 1. The SMILES string of the molecule is COc1ccc(-c2noc(COc3cc(C)ccc3C(C)C)n2)cc1. The highest BCUT2D eigenvalue weighted by molar-refractivity contribution is 5.55. The maximum atomic E-state index is 5.93. The fourth-order valence-corrected chi connectivity index (χ4v) is 2.55. The van der Waals surface area contributed by atoms with Gasteiger partial charge < -0.3 is 14.0 Å². The van der Waals surface area contributed by atoms with Gasteiger partial charge in [-0.05, 0) is 54.3 Å². The van der Waals surface area contributed by atoms with Crippen LogP contribution >= 0.6 is 0 Å². The molecule has 0 saturated heterocycles. The summed E-state index contributed by atoms with van der Waals surface area (Å²) in [5.41, 5.74) is 3.19. The molecule has 1 heterocycles. The Labute approximate surface area is 147 Å². The monoisotopic (exact) mass is 338 g/mol. The molecule has 0 aliphatic heterocycles. The van der Waals surface area contributed by atoms with E-state index in [1.807, 2.05) is 37.3 Å². The predicted octanol–water partition coefficient (Wildman–Crippen LogP) is 4.76. The van der Waals surface area contributed by atoms with Crippen LogP contribution in [0.15, 0.2) is 47.0 Å². The zero-order chi connectivity index (χ0) is 17.8. The minimum atomic E-state index is 0.242. The van der Waals surface area contributed by atoms with Crippen LogP contribution in [0.1, 0.15) is 36.8 Å². The largest absolute Gasteiger partial charge is 0.497 e. The minimum Gasteiger partial charge on any atom is -0.497 e. The molecule has 0 N–H and O–H groups in total. The van der Waals surface area contributed by atoms with Crippen LogP contribution in [0.4, 0.5) is 0 Å². The first kappa shape index (κ1) is 17.0.